The Morgan fingerprint density at radius 1 is 1.10 bits per heavy atom. The molecule has 0 aromatic heterocycles. The summed E-state index contributed by atoms with van der Waals surface area (Å²) in [6.07, 6.45) is 0. The summed E-state index contributed by atoms with van der Waals surface area (Å²) in [5, 5.41) is 5.08. The SMILES string of the molecule is Cc1ccc(F)c(NC(=O)Nc2ccc3c(c2)OCO3)c1. The summed E-state index contributed by atoms with van der Waals surface area (Å²) >= 11 is 0. The lowest BCUT2D eigenvalue weighted by molar-refractivity contribution is 0.174. The fourth-order valence-corrected chi connectivity index (χ4v) is 1.99. The number of carbonyl (C=O) groups is 1. The first kappa shape index (κ1) is 13.2. The van der Waals surface area contributed by atoms with E-state index in [1.807, 2.05) is 6.92 Å². The van der Waals surface area contributed by atoms with Gasteiger partial charge in [0.2, 0.25) is 6.79 Å². The van der Waals surface area contributed by atoms with Gasteiger partial charge in [0.25, 0.3) is 0 Å². The first-order valence-corrected chi connectivity index (χ1v) is 6.35. The van der Waals surface area contributed by atoms with E-state index in [0.29, 0.717) is 17.2 Å². The van der Waals surface area contributed by atoms with E-state index in [1.54, 1.807) is 30.3 Å². The molecule has 0 saturated carbocycles. The lowest BCUT2D eigenvalue weighted by Gasteiger charge is -2.09. The van der Waals surface area contributed by atoms with Crippen LogP contribution >= 0.6 is 0 Å². The van der Waals surface area contributed by atoms with Gasteiger partial charge in [-0.15, -0.1) is 0 Å². The number of nitrogens with one attached hydrogen (secondary N) is 2. The molecule has 0 saturated heterocycles. The molecular weight excluding hydrogens is 275 g/mol. The van der Waals surface area contributed by atoms with Crippen LogP contribution in [0.2, 0.25) is 0 Å². The number of hydrogen-bond donors (Lipinski definition) is 2. The quantitative estimate of drug-likeness (QED) is 0.889. The standard InChI is InChI=1S/C15H13FN2O3/c1-9-2-4-11(16)12(6-9)18-15(19)17-10-3-5-13-14(7-10)21-8-20-13/h2-7H,8H2,1H3,(H2,17,18,19). The first-order chi connectivity index (χ1) is 10.1. The maximum absolute atomic E-state index is 13.6. The fourth-order valence-electron chi connectivity index (χ4n) is 1.99. The highest BCUT2D eigenvalue weighted by atomic mass is 19.1. The number of hydrogen-bond acceptors (Lipinski definition) is 3. The highest BCUT2D eigenvalue weighted by molar-refractivity contribution is 6.00. The molecule has 21 heavy (non-hydrogen) atoms. The van der Waals surface area contributed by atoms with E-state index in [-0.39, 0.29) is 12.5 Å². The zero-order valence-corrected chi connectivity index (χ0v) is 11.3. The zero-order valence-electron chi connectivity index (χ0n) is 11.3. The Hall–Kier alpha value is -2.76. The number of ether oxygens (including phenoxy) is 2. The molecule has 0 atom stereocenters. The fraction of sp³-hybridized carbons (Fsp3) is 0.133. The van der Waals surface area contributed by atoms with E-state index >= 15 is 0 Å². The summed E-state index contributed by atoms with van der Waals surface area (Å²) in [6, 6.07) is 9.01. The van der Waals surface area contributed by atoms with Gasteiger partial charge < -0.3 is 20.1 Å². The van der Waals surface area contributed by atoms with Gasteiger partial charge in [0, 0.05) is 11.8 Å². The van der Waals surface area contributed by atoms with Gasteiger partial charge in [-0.2, -0.15) is 0 Å². The molecule has 0 aliphatic carbocycles. The van der Waals surface area contributed by atoms with E-state index < -0.39 is 11.8 Å². The van der Waals surface area contributed by atoms with Gasteiger partial charge in [-0.3, -0.25) is 0 Å². The Morgan fingerprint density at radius 2 is 1.90 bits per heavy atom. The third-order valence-electron chi connectivity index (χ3n) is 3.00. The van der Waals surface area contributed by atoms with Crippen molar-refractivity contribution in [1.82, 2.24) is 0 Å². The van der Waals surface area contributed by atoms with E-state index in [9.17, 15) is 9.18 Å². The summed E-state index contributed by atoms with van der Waals surface area (Å²) < 4.78 is 24.0. The molecule has 1 aliphatic rings. The number of anilines is 2. The lowest BCUT2D eigenvalue weighted by atomic mass is 10.2. The number of fused-ring (bicyclic) bond motifs is 1. The minimum Gasteiger partial charge on any atom is -0.454 e. The van der Waals surface area contributed by atoms with Gasteiger partial charge in [-0.25, -0.2) is 9.18 Å². The third kappa shape index (κ3) is 2.89. The number of rotatable bonds is 2. The van der Waals surface area contributed by atoms with Gasteiger partial charge in [0.05, 0.1) is 5.69 Å². The van der Waals surface area contributed by atoms with E-state index in [4.69, 9.17) is 9.47 Å². The number of benzene rings is 2. The second kappa shape index (κ2) is 5.32. The van der Waals surface area contributed by atoms with E-state index in [2.05, 4.69) is 10.6 Å². The lowest BCUT2D eigenvalue weighted by Crippen LogP contribution is -2.20. The molecule has 108 valence electrons. The molecule has 2 aromatic carbocycles. The molecule has 0 radical (unpaired) electrons. The first-order valence-electron chi connectivity index (χ1n) is 6.35. The minimum atomic E-state index is -0.529. The summed E-state index contributed by atoms with van der Waals surface area (Å²) in [4.78, 5) is 11.9. The van der Waals surface area contributed by atoms with E-state index in [1.165, 1.54) is 6.07 Å². The van der Waals surface area contributed by atoms with Gasteiger partial charge in [0.15, 0.2) is 11.5 Å². The smallest absolute Gasteiger partial charge is 0.323 e. The van der Waals surface area contributed by atoms with Crippen LogP contribution in [0, 0.1) is 12.7 Å². The van der Waals surface area contributed by atoms with Crippen LogP contribution in [0.15, 0.2) is 36.4 Å². The molecule has 0 bridgehead atoms. The normalized spacial score (nSPS) is 12.1. The maximum Gasteiger partial charge on any atom is 0.323 e. The minimum absolute atomic E-state index is 0.133. The zero-order chi connectivity index (χ0) is 14.8. The molecule has 5 nitrogen and oxygen atoms in total. The molecule has 0 spiro atoms. The molecule has 0 fully saturated rings. The molecule has 2 N–H and O–H groups in total. The van der Waals surface area contributed by atoms with Crippen molar-refractivity contribution in [3.63, 3.8) is 0 Å². The molecule has 3 rings (SSSR count). The van der Waals surface area contributed by atoms with Crippen molar-refractivity contribution in [3.8, 4) is 11.5 Å². The highest BCUT2D eigenvalue weighted by Gasteiger charge is 2.14. The van der Waals surface area contributed by atoms with Gasteiger partial charge in [-0.05, 0) is 36.8 Å². The van der Waals surface area contributed by atoms with Crippen molar-refractivity contribution >= 4 is 17.4 Å². The number of urea groups is 1. The number of aryl methyl sites for hydroxylation is 1. The summed E-state index contributed by atoms with van der Waals surface area (Å²) in [6.45, 7) is 1.99. The van der Waals surface area contributed by atoms with Gasteiger partial charge >= 0.3 is 6.03 Å². The summed E-state index contributed by atoms with van der Waals surface area (Å²) in [5.74, 6) is 0.710. The predicted molar refractivity (Wildman–Crippen MR) is 76.3 cm³/mol. The summed E-state index contributed by atoms with van der Waals surface area (Å²) in [7, 11) is 0. The van der Waals surface area contributed by atoms with Gasteiger partial charge in [0.1, 0.15) is 5.82 Å². The van der Waals surface area contributed by atoms with Crippen LogP contribution in [-0.4, -0.2) is 12.8 Å². The summed E-state index contributed by atoms with van der Waals surface area (Å²) in [5.41, 5.74) is 1.52. The molecule has 2 amide bonds. The van der Waals surface area contributed by atoms with Crippen LogP contribution in [0.25, 0.3) is 0 Å². The third-order valence-corrected chi connectivity index (χ3v) is 3.00. The van der Waals surface area contributed by atoms with Crippen LogP contribution in [0.3, 0.4) is 0 Å². The van der Waals surface area contributed by atoms with Crippen molar-refractivity contribution in [2.45, 2.75) is 6.92 Å². The predicted octanol–water partition coefficient (Wildman–Crippen LogP) is 3.51. The average Bonchev–Trinajstić information content (AvgIpc) is 2.90. The molecular formula is C15H13FN2O3. The van der Waals surface area contributed by atoms with Gasteiger partial charge in [-0.1, -0.05) is 6.07 Å². The molecule has 6 heteroatoms. The Labute approximate surface area is 120 Å². The Kier molecular flexibility index (Phi) is 3.35. The van der Waals surface area contributed by atoms with Crippen molar-refractivity contribution in [3.05, 3.63) is 47.8 Å². The number of halogens is 1. The van der Waals surface area contributed by atoms with Crippen molar-refractivity contribution in [2.75, 3.05) is 17.4 Å². The molecule has 0 unspecified atom stereocenters. The van der Waals surface area contributed by atoms with Crippen LogP contribution in [0.1, 0.15) is 5.56 Å². The Bertz CT molecular complexity index is 703. The number of carbonyl (C=O) groups excluding carboxylic acids is 1. The molecule has 1 aliphatic heterocycles. The molecule has 1 heterocycles. The second-order valence-corrected chi connectivity index (χ2v) is 4.63. The second-order valence-electron chi connectivity index (χ2n) is 4.63. The van der Waals surface area contributed by atoms with Crippen LogP contribution in [0.4, 0.5) is 20.6 Å². The number of amides is 2. The van der Waals surface area contributed by atoms with Crippen molar-refractivity contribution in [1.29, 1.82) is 0 Å². The largest absolute Gasteiger partial charge is 0.454 e. The topological polar surface area (TPSA) is 59.6 Å². The van der Waals surface area contributed by atoms with E-state index in [0.717, 1.165) is 5.56 Å². The average molecular weight is 288 g/mol. The van der Waals surface area contributed by atoms with Crippen LogP contribution in [-0.2, 0) is 0 Å². The van der Waals surface area contributed by atoms with Crippen LogP contribution in [0.5, 0.6) is 11.5 Å². The molecule has 2 aromatic rings. The van der Waals surface area contributed by atoms with Crippen molar-refractivity contribution in [2.24, 2.45) is 0 Å². The Balaban J connectivity index is 1.70. The van der Waals surface area contributed by atoms with Crippen molar-refractivity contribution < 1.29 is 18.7 Å². The Morgan fingerprint density at radius 3 is 2.76 bits per heavy atom. The monoisotopic (exact) mass is 288 g/mol. The highest BCUT2D eigenvalue weighted by Crippen LogP contribution is 2.34. The van der Waals surface area contributed by atoms with Crippen LogP contribution < -0.4 is 20.1 Å². The maximum atomic E-state index is 13.6.